The summed E-state index contributed by atoms with van der Waals surface area (Å²) in [6, 6.07) is 0. The first kappa shape index (κ1) is 17.6. The van der Waals surface area contributed by atoms with Crippen LogP contribution in [0.2, 0.25) is 0 Å². The van der Waals surface area contributed by atoms with Gasteiger partial charge in [-0.1, -0.05) is 0 Å². The highest BCUT2D eigenvalue weighted by Gasteiger charge is 2.57. The van der Waals surface area contributed by atoms with Crippen molar-refractivity contribution in [2.24, 2.45) is 29.6 Å². The van der Waals surface area contributed by atoms with E-state index in [-0.39, 0.29) is 6.61 Å². The molecule has 6 heteroatoms. The molecule has 0 spiro atoms. The third kappa shape index (κ3) is 3.16. The van der Waals surface area contributed by atoms with Crippen molar-refractivity contribution in [1.29, 1.82) is 0 Å². The molecule has 0 aromatic rings. The number of hydrogen-bond acceptors (Lipinski definition) is 4. The molecule has 4 nitrogen and oxygen atoms in total. The first-order chi connectivity index (χ1) is 11.1. The first-order valence-electron chi connectivity index (χ1n) is 8.87. The van der Waals surface area contributed by atoms with Gasteiger partial charge in [-0.15, -0.1) is 0 Å². The average molecular weight is 344 g/mol. The van der Waals surface area contributed by atoms with E-state index in [2.05, 4.69) is 4.74 Å². The van der Waals surface area contributed by atoms with Gasteiger partial charge in [0.25, 0.3) is 0 Å². The summed E-state index contributed by atoms with van der Waals surface area (Å²) in [6.45, 7) is 3.67. The molecule has 0 saturated heterocycles. The van der Waals surface area contributed by atoms with Crippen LogP contribution in [-0.4, -0.2) is 30.1 Å². The summed E-state index contributed by atoms with van der Waals surface area (Å²) in [4.78, 5) is 23.5. The highest BCUT2D eigenvalue weighted by Crippen LogP contribution is 2.59. The van der Waals surface area contributed by atoms with Crippen LogP contribution in [0, 0.1) is 29.6 Å². The van der Waals surface area contributed by atoms with Gasteiger partial charge in [0.2, 0.25) is 0 Å². The van der Waals surface area contributed by atoms with E-state index >= 15 is 0 Å². The Morgan fingerprint density at radius 2 is 1.62 bits per heavy atom. The zero-order valence-electron chi connectivity index (χ0n) is 14.5. The number of carbonyl (C=O) groups excluding carboxylic acids is 2. The molecule has 24 heavy (non-hydrogen) atoms. The highest BCUT2D eigenvalue weighted by atomic mass is 19.3. The summed E-state index contributed by atoms with van der Waals surface area (Å²) in [5, 5.41) is 0. The van der Waals surface area contributed by atoms with Gasteiger partial charge in [0, 0.05) is 6.92 Å². The maximum atomic E-state index is 12.8. The zero-order chi connectivity index (χ0) is 17.7. The van der Waals surface area contributed by atoms with Gasteiger partial charge in [0.1, 0.15) is 12.2 Å². The molecule has 4 bridgehead atoms. The predicted molar refractivity (Wildman–Crippen MR) is 82.3 cm³/mol. The number of ether oxygens (including phenoxy) is 2. The van der Waals surface area contributed by atoms with Crippen molar-refractivity contribution in [1.82, 2.24) is 0 Å². The Kier molecular flexibility index (Phi) is 4.37. The van der Waals surface area contributed by atoms with Crippen LogP contribution in [-0.2, 0) is 19.1 Å². The van der Waals surface area contributed by atoms with Gasteiger partial charge in [0.05, 0.1) is 5.92 Å². The van der Waals surface area contributed by atoms with Gasteiger partial charge in [-0.2, -0.15) is 8.78 Å². The standard InChI is InChI=1S/C18H26F2O4/c1-10(9-23-16(22)18(3,19)20)15(21)24-17(2)13-5-11-4-12(7-13)8-14(17)6-11/h10-14H,4-9H2,1-3H3. The van der Waals surface area contributed by atoms with Crippen molar-refractivity contribution >= 4 is 11.9 Å². The third-order valence-electron chi connectivity index (χ3n) is 6.31. The van der Waals surface area contributed by atoms with Crippen molar-refractivity contribution in [3.63, 3.8) is 0 Å². The molecule has 4 saturated carbocycles. The quantitative estimate of drug-likeness (QED) is 0.716. The molecule has 1 atom stereocenters. The number of alkyl halides is 2. The van der Waals surface area contributed by atoms with Crippen LogP contribution in [0.15, 0.2) is 0 Å². The lowest BCUT2D eigenvalue weighted by Gasteiger charge is -2.59. The Hall–Kier alpha value is -1.20. The molecular weight excluding hydrogens is 318 g/mol. The van der Waals surface area contributed by atoms with Gasteiger partial charge < -0.3 is 9.47 Å². The molecule has 1 unspecified atom stereocenters. The summed E-state index contributed by atoms with van der Waals surface area (Å²) in [5.74, 6) is -4.03. The molecule has 0 aliphatic heterocycles. The minimum atomic E-state index is -3.54. The Labute approximate surface area is 141 Å². The lowest BCUT2D eigenvalue weighted by molar-refractivity contribution is -0.208. The van der Waals surface area contributed by atoms with E-state index in [4.69, 9.17) is 4.74 Å². The van der Waals surface area contributed by atoms with Crippen molar-refractivity contribution in [2.75, 3.05) is 6.61 Å². The second-order valence-electron chi connectivity index (χ2n) is 8.30. The van der Waals surface area contributed by atoms with Gasteiger partial charge in [-0.3, -0.25) is 4.79 Å². The van der Waals surface area contributed by atoms with Crippen LogP contribution in [0.4, 0.5) is 8.78 Å². The summed E-state index contributed by atoms with van der Waals surface area (Å²) in [7, 11) is 0. The molecule has 4 fully saturated rings. The maximum Gasteiger partial charge on any atom is 0.376 e. The van der Waals surface area contributed by atoms with Gasteiger partial charge >= 0.3 is 17.9 Å². The number of halogens is 2. The molecule has 136 valence electrons. The lowest BCUT2D eigenvalue weighted by atomic mass is 9.50. The van der Waals surface area contributed by atoms with E-state index in [0.717, 1.165) is 37.5 Å². The zero-order valence-corrected chi connectivity index (χ0v) is 14.5. The smallest absolute Gasteiger partial charge is 0.376 e. The van der Waals surface area contributed by atoms with E-state index in [1.807, 2.05) is 6.92 Å². The summed E-state index contributed by atoms with van der Waals surface area (Å²) >= 11 is 0. The predicted octanol–water partition coefficient (Wildman–Crippen LogP) is 3.58. The second kappa shape index (κ2) is 5.95. The van der Waals surface area contributed by atoms with Crippen LogP contribution in [0.25, 0.3) is 0 Å². The molecule has 0 heterocycles. The van der Waals surface area contributed by atoms with Crippen LogP contribution in [0.1, 0.15) is 52.9 Å². The van der Waals surface area contributed by atoms with E-state index in [9.17, 15) is 18.4 Å². The number of esters is 2. The van der Waals surface area contributed by atoms with Crippen molar-refractivity contribution in [3.05, 3.63) is 0 Å². The largest absolute Gasteiger partial charge is 0.460 e. The lowest BCUT2D eigenvalue weighted by Crippen LogP contribution is -2.58. The fourth-order valence-corrected chi connectivity index (χ4v) is 5.00. The minimum Gasteiger partial charge on any atom is -0.460 e. The number of carbonyl (C=O) groups is 2. The molecule has 0 radical (unpaired) electrons. The Bertz CT molecular complexity index is 498. The molecule has 4 rings (SSSR count). The summed E-state index contributed by atoms with van der Waals surface area (Å²) in [5.41, 5.74) is -0.461. The van der Waals surface area contributed by atoms with E-state index in [1.165, 1.54) is 6.42 Å². The topological polar surface area (TPSA) is 52.6 Å². The normalized spacial score (nSPS) is 38.7. The van der Waals surface area contributed by atoms with E-state index in [1.54, 1.807) is 6.92 Å². The van der Waals surface area contributed by atoms with Crippen LogP contribution >= 0.6 is 0 Å². The van der Waals surface area contributed by atoms with E-state index in [0.29, 0.717) is 18.8 Å². The van der Waals surface area contributed by atoms with Gasteiger partial charge in [-0.25, -0.2) is 4.79 Å². The van der Waals surface area contributed by atoms with Gasteiger partial charge in [-0.05, 0) is 69.6 Å². The van der Waals surface area contributed by atoms with Crippen molar-refractivity contribution < 1.29 is 27.8 Å². The molecule has 0 aromatic heterocycles. The monoisotopic (exact) mass is 344 g/mol. The minimum absolute atomic E-state index is 0.377. The fourth-order valence-electron chi connectivity index (χ4n) is 5.00. The highest BCUT2D eigenvalue weighted by molar-refractivity contribution is 5.78. The molecule has 4 aliphatic rings. The molecule has 0 N–H and O–H groups in total. The van der Waals surface area contributed by atoms with Crippen LogP contribution < -0.4 is 0 Å². The first-order valence-corrected chi connectivity index (χ1v) is 8.87. The molecular formula is C18H26F2O4. The van der Waals surface area contributed by atoms with Crippen molar-refractivity contribution in [3.8, 4) is 0 Å². The molecule has 4 aliphatic carbocycles. The summed E-state index contributed by atoms with van der Waals surface area (Å²) in [6.07, 6.45) is 5.77. The second-order valence-corrected chi connectivity index (χ2v) is 8.30. The Morgan fingerprint density at radius 1 is 1.12 bits per heavy atom. The molecule has 0 aromatic carbocycles. The third-order valence-corrected chi connectivity index (χ3v) is 6.31. The van der Waals surface area contributed by atoms with Crippen LogP contribution in [0.5, 0.6) is 0 Å². The summed E-state index contributed by atoms with van der Waals surface area (Å²) < 4.78 is 36.0. The van der Waals surface area contributed by atoms with Crippen LogP contribution in [0.3, 0.4) is 0 Å². The van der Waals surface area contributed by atoms with E-state index < -0.39 is 29.4 Å². The molecule has 0 amide bonds. The fraction of sp³-hybridized carbons (Fsp3) is 0.889. The maximum absolute atomic E-state index is 12.8. The Morgan fingerprint density at radius 3 is 2.08 bits per heavy atom. The Balaban J connectivity index is 1.57. The average Bonchev–Trinajstić information content (AvgIpc) is 2.48. The SMILES string of the molecule is CC(COC(=O)C(C)(F)F)C(=O)OC1(C)C2CC3CC(C2)CC1C3. The van der Waals surface area contributed by atoms with Gasteiger partial charge in [0.15, 0.2) is 0 Å². The number of hydrogen-bond donors (Lipinski definition) is 0. The van der Waals surface area contributed by atoms with Crippen molar-refractivity contribution in [2.45, 2.75) is 64.4 Å². The number of rotatable bonds is 5.